The van der Waals surface area contributed by atoms with Crippen molar-refractivity contribution < 1.29 is 62.0 Å². The lowest BCUT2D eigenvalue weighted by atomic mass is 10.2. The molecule has 256 valence electrons. The number of unbranched alkanes of at least 4 members (excludes halogenated alkanes) is 2. The molecule has 0 atom stereocenters. The standard InChI is InChI=1S/C29H57NO13/c1-27(31)7-5-4-6-8-30-29(32)43-28(25-41-23-21-39-19-17-37-15-13-35-11-9-33-2)26-42-24-22-40-20-18-38-16-14-36-12-10-34-3/h28,31H,1,4-26H2,2-3H3,(H,30,32). The number of aliphatic hydroxyl groups excluding tert-OH is 1. The first kappa shape index (κ1) is 41.4. The van der Waals surface area contributed by atoms with Crippen LogP contribution in [0.15, 0.2) is 12.3 Å². The molecule has 0 fully saturated rings. The average Bonchev–Trinajstić information content (AvgIpc) is 2.99. The number of hydrogen-bond acceptors (Lipinski definition) is 13. The summed E-state index contributed by atoms with van der Waals surface area (Å²) < 4.78 is 59.1. The van der Waals surface area contributed by atoms with Crippen LogP contribution in [0.5, 0.6) is 0 Å². The number of amides is 1. The molecule has 0 aliphatic carbocycles. The van der Waals surface area contributed by atoms with Crippen LogP contribution in [-0.2, 0) is 52.1 Å². The number of carbonyl (C=O) groups excluding carboxylic acids is 1. The van der Waals surface area contributed by atoms with E-state index in [4.69, 9.17) is 57.2 Å². The van der Waals surface area contributed by atoms with Crippen molar-refractivity contribution in [2.24, 2.45) is 0 Å². The van der Waals surface area contributed by atoms with Crippen LogP contribution in [0, 0.1) is 0 Å². The first-order chi connectivity index (χ1) is 21.1. The van der Waals surface area contributed by atoms with Gasteiger partial charge in [0, 0.05) is 27.2 Å². The van der Waals surface area contributed by atoms with E-state index in [0.717, 1.165) is 19.3 Å². The Morgan fingerprint density at radius 1 is 0.581 bits per heavy atom. The zero-order valence-corrected chi connectivity index (χ0v) is 26.4. The molecule has 14 nitrogen and oxygen atoms in total. The van der Waals surface area contributed by atoms with Crippen LogP contribution < -0.4 is 5.32 Å². The van der Waals surface area contributed by atoms with Crippen molar-refractivity contribution in [3.8, 4) is 0 Å². The fourth-order valence-corrected chi connectivity index (χ4v) is 3.16. The molecule has 43 heavy (non-hydrogen) atoms. The fourth-order valence-electron chi connectivity index (χ4n) is 3.16. The molecular weight excluding hydrogens is 570 g/mol. The zero-order chi connectivity index (χ0) is 31.5. The predicted molar refractivity (Wildman–Crippen MR) is 159 cm³/mol. The number of methoxy groups -OCH3 is 2. The number of ether oxygens (including phenoxy) is 11. The summed E-state index contributed by atoms with van der Waals surface area (Å²) in [5, 5.41) is 11.9. The van der Waals surface area contributed by atoms with Gasteiger partial charge < -0.3 is 62.5 Å². The van der Waals surface area contributed by atoms with Crippen molar-refractivity contribution in [2.75, 3.05) is 140 Å². The molecule has 0 unspecified atom stereocenters. The van der Waals surface area contributed by atoms with E-state index in [1.807, 2.05) is 0 Å². The molecule has 0 spiro atoms. The Balaban J connectivity index is 4.03. The Kier molecular flexibility index (Phi) is 33.6. The molecule has 0 saturated heterocycles. The van der Waals surface area contributed by atoms with Gasteiger partial charge in [-0.1, -0.05) is 13.0 Å². The summed E-state index contributed by atoms with van der Waals surface area (Å²) >= 11 is 0. The van der Waals surface area contributed by atoms with E-state index < -0.39 is 12.2 Å². The number of nitrogens with one attached hydrogen (secondary N) is 1. The largest absolute Gasteiger partial charge is 0.513 e. The fraction of sp³-hybridized carbons (Fsp3) is 0.897. The molecule has 0 rings (SSSR count). The van der Waals surface area contributed by atoms with E-state index in [2.05, 4.69) is 11.9 Å². The molecule has 0 aliphatic heterocycles. The average molecular weight is 628 g/mol. The normalized spacial score (nSPS) is 11.3. The van der Waals surface area contributed by atoms with Crippen LogP contribution in [0.3, 0.4) is 0 Å². The molecule has 0 saturated carbocycles. The minimum Gasteiger partial charge on any atom is -0.513 e. The quantitative estimate of drug-likeness (QED) is 0.0781. The zero-order valence-electron chi connectivity index (χ0n) is 26.4. The number of aliphatic hydroxyl groups is 1. The maximum Gasteiger partial charge on any atom is 0.407 e. The highest BCUT2D eigenvalue weighted by Crippen LogP contribution is 2.04. The summed E-state index contributed by atoms with van der Waals surface area (Å²) in [6, 6.07) is 0. The van der Waals surface area contributed by atoms with Crippen molar-refractivity contribution in [3.05, 3.63) is 12.3 Å². The van der Waals surface area contributed by atoms with Crippen LogP contribution in [0.25, 0.3) is 0 Å². The van der Waals surface area contributed by atoms with Gasteiger partial charge in [-0.25, -0.2) is 4.79 Å². The molecule has 1 amide bonds. The summed E-state index contributed by atoms with van der Waals surface area (Å²) in [7, 11) is 3.26. The lowest BCUT2D eigenvalue weighted by molar-refractivity contribution is -0.0535. The highest BCUT2D eigenvalue weighted by molar-refractivity contribution is 5.67. The summed E-state index contributed by atoms with van der Waals surface area (Å²) in [6.07, 6.45) is 1.86. The molecule has 0 bridgehead atoms. The van der Waals surface area contributed by atoms with E-state index in [1.54, 1.807) is 14.2 Å². The van der Waals surface area contributed by atoms with Crippen molar-refractivity contribution in [2.45, 2.75) is 31.8 Å². The van der Waals surface area contributed by atoms with E-state index in [1.165, 1.54) is 0 Å². The Morgan fingerprint density at radius 3 is 1.33 bits per heavy atom. The summed E-state index contributed by atoms with van der Waals surface area (Å²) in [6.45, 7) is 11.7. The lowest BCUT2D eigenvalue weighted by Gasteiger charge is -2.19. The Morgan fingerprint density at radius 2 is 0.953 bits per heavy atom. The van der Waals surface area contributed by atoms with E-state index >= 15 is 0 Å². The molecule has 0 radical (unpaired) electrons. The molecular formula is C29H57NO13. The molecule has 0 aromatic heterocycles. The molecule has 14 heteroatoms. The van der Waals surface area contributed by atoms with Crippen molar-refractivity contribution in [1.29, 1.82) is 0 Å². The van der Waals surface area contributed by atoms with E-state index in [0.29, 0.717) is 119 Å². The van der Waals surface area contributed by atoms with Crippen LogP contribution >= 0.6 is 0 Å². The monoisotopic (exact) mass is 627 g/mol. The van der Waals surface area contributed by atoms with E-state index in [-0.39, 0.29) is 19.0 Å². The third-order valence-corrected chi connectivity index (χ3v) is 5.39. The Hall–Kier alpha value is -1.59. The second kappa shape index (κ2) is 34.9. The van der Waals surface area contributed by atoms with Gasteiger partial charge in [0.25, 0.3) is 0 Å². The third kappa shape index (κ3) is 34.8. The van der Waals surface area contributed by atoms with Crippen LogP contribution in [0.1, 0.15) is 25.7 Å². The maximum atomic E-state index is 12.3. The summed E-state index contributed by atoms with van der Waals surface area (Å²) in [5.41, 5.74) is 0. The topological polar surface area (TPSA) is 151 Å². The van der Waals surface area contributed by atoms with E-state index in [9.17, 15) is 4.79 Å². The summed E-state index contributed by atoms with van der Waals surface area (Å²) in [5.74, 6) is 0.173. The van der Waals surface area contributed by atoms with Gasteiger partial charge in [-0.15, -0.1) is 0 Å². The van der Waals surface area contributed by atoms with Crippen molar-refractivity contribution in [1.82, 2.24) is 5.32 Å². The minimum atomic E-state index is -0.597. The Bertz CT molecular complexity index is 571. The molecule has 0 aromatic rings. The number of rotatable bonds is 35. The number of alkyl carbamates (subject to hydrolysis) is 1. The lowest BCUT2D eigenvalue weighted by Crippen LogP contribution is -2.35. The van der Waals surface area contributed by atoms with Crippen molar-refractivity contribution in [3.63, 3.8) is 0 Å². The van der Waals surface area contributed by atoms with Gasteiger partial charge in [0.05, 0.1) is 125 Å². The van der Waals surface area contributed by atoms with Gasteiger partial charge in [0.2, 0.25) is 0 Å². The summed E-state index contributed by atoms with van der Waals surface area (Å²) in [4.78, 5) is 12.3. The maximum absolute atomic E-state index is 12.3. The SMILES string of the molecule is C=C(O)CCCCCNC(=O)OC(COCCOCCOCCOCCOC)COCCOCCOCCOCCOC. The third-order valence-electron chi connectivity index (χ3n) is 5.39. The van der Waals surface area contributed by atoms with Crippen LogP contribution in [0.4, 0.5) is 4.79 Å². The van der Waals surface area contributed by atoms with Crippen LogP contribution in [0.2, 0.25) is 0 Å². The van der Waals surface area contributed by atoms with Gasteiger partial charge in [0.15, 0.2) is 6.10 Å². The first-order valence-electron chi connectivity index (χ1n) is 15.0. The highest BCUT2D eigenvalue weighted by atomic mass is 16.6. The highest BCUT2D eigenvalue weighted by Gasteiger charge is 2.15. The van der Waals surface area contributed by atoms with Gasteiger partial charge >= 0.3 is 6.09 Å². The molecule has 0 aliphatic rings. The van der Waals surface area contributed by atoms with Crippen molar-refractivity contribution >= 4 is 6.09 Å². The molecule has 2 N–H and O–H groups in total. The first-order valence-corrected chi connectivity index (χ1v) is 15.0. The minimum absolute atomic E-state index is 0.159. The smallest absolute Gasteiger partial charge is 0.407 e. The molecule has 0 heterocycles. The number of carbonyl (C=O) groups is 1. The molecule has 0 aromatic carbocycles. The number of allylic oxidation sites excluding steroid dienone is 1. The predicted octanol–water partition coefficient (Wildman–Crippen LogP) is 2.14. The second-order valence-corrected chi connectivity index (χ2v) is 9.14. The Labute approximate surface area is 257 Å². The second-order valence-electron chi connectivity index (χ2n) is 9.14. The van der Waals surface area contributed by atoms with Gasteiger partial charge in [-0.2, -0.15) is 0 Å². The number of hydrogen-bond donors (Lipinski definition) is 2. The van der Waals surface area contributed by atoms with Gasteiger partial charge in [-0.3, -0.25) is 0 Å². The van der Waals surface area contributed by atoms with Gasteiger partial charge in [0.1, 0.15) is 0 Å². The van der Waals surface area contributed by atoms with Crippen LogP contribution in [-0.4, -0.2) is 157 Å². The van der Waals surface area contributed by atoms with Gasteiger partial charge in [-0.05, 0) is 12.8 Å².